The summed E-state index contributed by atoms with van der Waals surface area (Å²) in [6.45, 7) is -0.0820. The molecule has 9 rings (SSSR count). The van der Waals surface area contributed by atoms with Crippen molar-refractivity contribution in [3.8, 4) is 45.5 Å². The molecule has 0 spiro atoms. The predicted molar refractivity (Wildman–Crippen MR) is 171 cm³/mol. The standard InChI is InChI=1S/C27H19BNO2.C11H8N.Ir/c1-2-8-18-16-29-22(15-17(18)7-1)19-13-14-25-26-27(19)31-24-12-6-4-10-21(24)28(26)20-9-3-5-11-23(20)30-25;1-2-6-10(7-3-1)11-8-4-5-9-12-11;/h3-6,9-12,14-16H,1-2,7-8H2;1-6,8-9H;/q2*-1;/i7D2,8D2;;. The molecule has 4 heterocycles. The van der Waals surface area contributed by atoms with Crippen LogP contribution >= 0.6 is 0 Å². The van der Waals surface area contributed by atoms with Crippen molar-refractivity contribution in [2.75, 3.05) is 0 Å². The second kappa shape index (κ2) is 12.2. The van der Waals surface area contributed by atoms with Gasteiger partial charge in [0.1, 0.15) is 11.5 Å². The number of hydrogen-bond donors (Lipinski definition) is 0. The van der Waals surface area contributed by atoms with Gasteiger partial charge in [0.15, 0.2) is 0 Å². The average Bonchev–Trinajstić information content (AvgIpc) is 3.11. The number of rotatable bonds is 2. The van der Waals surface area contributed by atoms with Gasteiger partial charge in [0.05, 0.1) is 0 Å². The van der Waals surface area contributed by atoms with Crippen molar-refractivity contribution in [2.24, 2.45) is 0 Å². The summed E-state index contributed by atoms with van der Waals surface area (Å²) in [5.74, 6) is 2.81. The van der Waals surface area contributed by atoms with Crippen LogP contribution in [0.1, 0.15) is 29.5 Å². The second-order valence-corrected chi connectivity index (χ2v) is 10.4. The molecule has 0 N–H and O–H groups in total. The molecule has 6 aromatic rings. The van der Waals surface area contributed by atoms with E-state index in [0.29, 0.717) is 33.9 Å². The van der Waals surface area contributed by atoms with E-state index in [2.05, 4.69) is 34.2 Å². The van der Waals surface area contributed by atoms with Crippen molar-refractivity contribution in [1.82, 2.24) is 9.97 Å². The largest absolute Gasteiger partial charge is 0.503 e. The van der Waals surface area contributed by atoms with E-state index in [1.165, 1.54) is 6.20 Å². The van der Waals surface area contributed by atoms with Crippen molar-refractivity contribution in [3.63, 3.8) is 0 Å². The van der Waals surface area contributed by atoms with Crippen LogP contribution in [-0.2, 0) is 32.9 Å². The molecular weight excluding hydrogens is 719 g/mol. The minimum atomic E-state index is -1.64. The van der Waals surface area contributed by atoms with E-state index in [-0.39, 0.29) is 39.7 Å². The van der Waals surface area contributed by atoms with Gasteiger partial charge in [0.2, 0.25) is 6.71 Å². The van der Waals surface area contributed by atoms with Gasteiger partial charge in [-0.3, -0.25) is 0 Å². The Kier molecular flexibility index (Phi) is 6.65. The summed E-state index contributed by atoms with van der Waals surface area (Å²) in [5, 5.41) is 0. The molecular formula is C38H27BIrN2O2-2. The van der Waals surface area contributed by atoms with E-state index in [1.54, 1.807) is 18.3 Å². The molecule has 215 valence electrons. The molecule has 0 amide bonds. The first-order chi connectivity index (χ1) is 22.8. The molecule has 0 unspecified atom stereocenters. The van der Waals surface area contributed by atoms with Crippen LogP contribution in [0.3, 0.4) is 0 Å². The van der Waals surface area contributed by atoms with Gasteiger partial charge in [-0.05, 0) is 71.7 Å². The average molecular weight is 751 g/mol. The Morgan fingerprint density at radius 3 is 2.18 bits per heavy atom. The molecule has 0 saturated carbocycles. The van der Waals surface area contributed by atoms with Crippen LogP contribution in [0.2, 0.25) is 0 Å². The molecule has 4 nitrogen and oxygen atoms in total. The van der Waals surface area contributed by atoms with Gasteiger partial charge < -0.3 is 19.4 Å². The molecule has 0 bridgehead atoms. The summed E-state index contributed by atoms with van der Waals surface area (Å²) in [6, 6.07) is 39.5. The van der Waals surface area contributed by atoms with Crippen LogP contribution in [0.5, 0.6) is 23.0 Å². The Morgan fingerprint density at radius 1 is 0.705 bits per heavy atom. The van der Waals surface area contributed by atoms with Gasteiger partial charge in [-0.15, -0.1) is 48.0 Å². The molecule has 6 heteroatoms. The SMILES string of the molecule is [2H]C1([2H])CCC([2H])([2H])c2cc(-c3[c-]cc4c5c3Oc3ccccc3B5c3ccccc3O4)ncc21.[Ir].[c-]1ccccc1-c1ccccn1. The zero-order valence-electron chi connectivity index (χ0n) is 27.5. The third-order valence-corrected chi connectivity index (χ3v) is 7.83. The number of pyridine rings is 2. The summed E-state index contributed by atoms with van der Waals surface area (Å²) < 4.78 is 46.5. The number of fused-ring (bicyclic) bond motifs is 5. The van der Waals surface area contributed by atoms with Gasteiger partial charge in [-0.1, -0.05) is 71.2 Å². The smallest absolute Gasteiger partial charge is 0.239 e. The van der Waals surface area contributed by atoms with Crippen molar-refractivity contribution >= 4 is 23.1 Å². The molecule has 0 saturated heterocycles. The van der Waals surface area contributed by atoms with Gasteiger partial charge in [-0.25, -0.2) is 0 Å². The molecule has 2 aliphatic heterocycles. The Hall–Kier alpha value is -4.51. The third kappa shape index (κ3) is 5.15. The molecule has 0 atom stereocenters. The van der Waals surface area contributed by atoms with Gasteiger partial charge in [-0.2, -0.15) is 0 Å². The number of para-hydroxylation sites is 2. The monoisotopic (exact) mass is 751 g/mol. The van der Waals surface area contributed by atoms with Crippen molar-refractivity contribution in [2.45, 2.75) is 25.6 Å². The molecule has 3 aliphatic rings. The van der Waals surface area contributed by atoms with E-state index in [4.69, 9.17) is 15.0 Å². The first-order valence-corrected chi connectivity index (χ1v) is 14.3. The fourth-order valence-electron chi connectivity index (χ4n) is 5.86. The van der Waals surface area contributed by atoms with Crippen LogP contribution in [0, 0.1) is 12.1 Å². The van der Waals surface area contributed by atoms with E-state index in [9.17, 15) is 0 Å². The first-order valence-electron chi connectivity index (χ1n) is 16.3. The topological polar surface area (TPSA) is 44.2 Å². The van der Waals surface area contributed by atoms with Gasteiger partial charge in [0, 0.05) is 49.5 Å². The van der Waals surface area contributed by atoms with Crippen LogP contribution in [0.25, 0.3) is 22.5 Å². The Bertz CT molecular complexity index is 2090. The maximum atomic E-state index is 8.53. The zero-order valence-corrected chi connectivity index (χ0v) is 25.9. The maximum Gasteiger partial charge on any atom is 0.239 e. The van der Waals surface area contributed by atoms with Crippen LogP contribution in [0.4, 0.5) is 0 Å². The minimum absolute atomic E-state index is 0. The Labute approximate surface area is 277 Å². The van der Waals surface area contributed by atoms with E-state index in [0.717, 1.165) is 39.1 Å². The van der Waals surface area contributed by atoms with E-state index in [1.807, 2.05) is 78.9 Å². The maximum absolute atomic E-state index is 8.53. The number of benzene rings is 4. The number of ether oxygens (including phenoxy) is 2. The van der Waals surface area contributed by atoms with Crippen molar-refractivity contribution in [1.29, 1.82) is 0 Å². The molecule has 1 aliphatic carbocycles. The number of hydrogen-bond acceptors (Lipinski definition) is 4. The second-order valence-electron chi connectivity index (χ2n) is 10.4. The Balaban J connectivity index is 0.000000237. The summed E-state index contributed by atoms with van der Waals surface area (Å²) in [4.78, 5) is 8.79. The van der Waals surface area contributed by atoms with Gasteiger partial charge >= 0.3 is 0 Å². The van der Waals surface area contributed by atoms with Crippen LogP contribution in [-0.4, -0.2) is 16.7 Å². The number of aryl methyl sites for hydroxylation is 2. The summed E-state index contributed by atoms with van der Waals surface area (Å²) in [5.41, 5.74) is 6.77. The fraction of sp³-hybridized carbons (Fsp3) is 0.105. The van der Waals surface area contributed by atoms with Crippen LogP contribution in [0.15, 0.2) is 116 Å². The fourth-order valence-corrected chi connectivity index (χ4v) is 5.86. The van der Waals surface area contributed by atoms with Crippen LogP contribution < -0.4 is 25.9 Å². The summed E-state index contributed by atoms with van der Waals surface area (Å²) >= 11 is 0. The zero-order chi connectivity index (χ0) is 32.2. The molecule has 44 heavy (non-hydrogen) atoms. The summed E-state index contributed by atoms with van der Waals surface area (Å²) in [6.07, 6.45) is 0.259. The molecule has 2 aromatic heterocycles. The molecule has 0 fully saturated rings. The normalized spacial score (nSPS) is 16.9. The van der Waals surface area contributed by atoms with Gasteiger partial charge in [0.25, 0.3) is 0 Å². The van der Waals surface area contributed by atoms with Crippen molar-refractivity contribution in [3.05, 3.63) is 139 Å². The minimum Gasteiger partial charge on any atom is -0.503 e. The number of nitrogens with zero attached hydrogens (tertiary/aromatic N) is 2. The van der Waals surface area contributed by atoms with E-state index < -0.39 is 12.7 Å². The third-order valence-electron chi connectivity index (χ3n) is 7.83. The Morgan fingerprint density at radius 2 is 1.43 bits per heavy atom. The number of aromatic nitrogens is 2. The molecule has 4 aromatic carbocycles. The predicted octanol–water partition coefficient (Wildman–Crippen LogP) is 6.70. The molecule has 1 radical (unpaired) electrons. The first kappa shape index (κ1) is 23.9. The summed E-state index contributed by atoms with van der Waals surface area (Å²) in [7, 11) is 0. The quantitative estimate of drug-likeness (QED) is 0.146. The van der Waals surface area contributed by atoms with Crippen molar-refractivity contribution < 1.29 is 35.1 Å². The van der Waals surface area contributed by atoms with E-state index >= 15 is 0 Å².